The van der Waals surface area contributed by atoms with Gasteiger partial charge in [0, 0.05) is 17.0 Å². The van der Waals surface area contributed by atoms with Crippen LogP contribution in [0, 0.1) is 0 Å². The second-order valence-electron chi connectivity index (χ2n) is 3.75. The second-order valence-corrected chi connectivity index (χ2v) is 4.62. The van der Waals surface area contributed by atoms with Crippen LogP contribution < -0.4 is 5.32 Å². The SMILES string of the molecule is CSc1ccc([C@H](C)N[C@H](C)CO)cc1. The summed E-state index contributed by atoms with van der Waals surface area (Å²) in [5, 5.41) is 12.3. The first-order valence-corrected chi connectivity index (χ1v) is 6.40. The lowest BCUT2D eigenvalue weighted by atomic mass is 10.1. The Morgan fingerprint density at radius 2 is 1.87 bits per heavy atom. The zero-order valence-electron chi connectivity index (χ0n) is 9.53. The molecule has 1 rings (SSSR count). The van der Waals surface area contributed by atoms with Crippen molar-refractivity contribution in [3.05, 3.63) is 29.8 Å². The first-order chi connectivity index (χ1) is 7.17. The maximum absolute atomic E-state index is 8.95. The Labute approximate surface area is 96.1 Å². The third-order valence-electron chi connectivity index (χ3n) is 2.42. The lowest BCUT2D eigenvalue weighted by Crippen LogP contribution is -2.31. The van der Waals surface area contributed by atoms with E-state index in [1.54, 1.807) is 11.8 Å². The van der Waals surface area contributed by atoms with E-state index in [1.807, 2.05) is 6.92 Å². The number of aliphatic hydroxyl groups is 1. The van der Waals surface area contributed by atoms with E-state index in [1.165, 1.54) is 10.5 Å². The van der Waals surface area contributed by atoms with Crippen LogP contribution in [0.25, 0.3) is 0 Å². The quantitative estimate of drug-likeness (QED) is 0.755. The monoisotopic (exact) mass is 225 g/mol. The predicted molar refractivity (Wildman–Crippen MR) is 66.3 cm³/mol. The number of aliphatic hydroxyl groups excluding tert-OH is 1. The molecule has 0 amide bonds. The third-order valence-corrected chi connectivity index (χ3v) is 3.17. The number of thioether (sulfide) groups is 1. The summed E-state index contributed by atoms with van der Waals surface area (Å²) in [4.78, 5) is 1.28. The highest BCUT2D eigenvalue weighted by Crippen LogP contribution is 2.19. The van der Waals surface area contributed by atoms with Crippen molar-refractivity contribution >= 4 is 11.8 Å². The minimum absolute atomic E-state index is 0.139. The molecule has 0 aliphatic carbocycles. The number of hydrogen-bond acceptors (Lipinski definition) is 3. The first kappa shape index (κ1) is 12.6. The minimum atomic E-state index is 0.139. The summed E-state index contributed by atoms with van der Waals surface area (Å²) < 4.78 is 0. The fourth-order valence-electron chi connectivity index (χ4n) is 1.47. The number of nitrogens with one attached hydrogen (secondary N) is 1. The molecule has 84 valence electrons. The zero-order chi connectivity index (χ0) is 11.3. The van der Waals surface area contributed by atoms with Crippen LogP contribution in [0.2, 0.25) is 0 Å². The molecule has 3 heteroatoms. The predicted octanol–water partition coefficient (Wildman–Crippen LogP) is 2.44. The fraction of sp³-hybridized carbons (Fsp3) is 0.500. The van der Waals surface area contributed by atoms with Gasteiger partial charge in [-0.15, -0.1) is 11.8 Å². The van der Waals surface area contributed by atoms with E-state index in [2.05, 4.69) is 42.8 Å². The van der Waals surface area contributed by atoms with Crippen molar-refractivity contribution in [3.8, 4) is 0 Å². The molecule has 1 aromatic carbocycles. The van der Waals surface area contributed by atoms with Crippen molar-refractivity contribution < 1.29 is 5.11 Å². The lowest BCUT2D eigenvalue weighted by Gasteiger charge is -2.18. The highest BCUT2D eigenvalue weighted by Gasteiger charge is 2.07. The minimum Gasteiger partial charge on any atom is -0.395 e. The molecule has 15 heavy (non-hydrogen) atoms. The van der Waals surface area contributed by atoms with Crippen LogP contribution in [-0.2, 0) is 0 Å². The van der Waals surface area contributed by atoms with Crippen LogP contribution in [-0.4, -0.2) is 24.0 Å². The van der Waals surface area contributed by atoms with E-state index >= 15 is 0 Å². The topological polar surface area (TPSA) is 32.3 Å². The van der Waals surface area contributed by atoms with Gasteiger partial charge in [0.1, 0.15) is 0 Å². The van der Waals surface area contributed by atoms with Gasteiger partial charge in [-0.05, 0) is 37.8 Å². The lowest BCUT2D eigenvalue weighted by molar-refractivity contribution is 0.243. The van der Waals surface area contributed by atoms with E-state index in [9.17, 15) is 0 Å². The third kappa shape index (κ3) is 3.86. The molecule has 0 aliphatic rings. The smallest absolute Gasteiger partial charge is 0.0582 e. The van der Waals surface area contributed by atoms with Gasteiger partial charge >= 0.3 is 0 Å². The molecular formula is C12H19NOS. The summed E-state index contributed by atoms with van der Waals surface area (Å²) in [5.41, 5.74) is 1.26. The molecule has 0 unspecified atom stereocenters. The Balaban J connectivity index is 2.61. The summed E-state index contributed by atoms with van der Waals surface area (Å²) in [6.07, 6.45) is 2.07. The molecule has 0 heterocycles. The summed E-state index contributed by atoms with van der Waals surface area (Å²) in [7, 11) is 0. The van der Waals surface area contributed by atoms with E-state index in [4.69, 9.17) is 5.11 Å². The van der Waals surface area contributed by atoms with Crippen LogP contribution in [0.4, 0.5) is 0 Å². The Hall–Kier alpha value is -0.510. The molecule has 0 saturated heterocycles. The zero-order valence-corrected chi connectivity index (χ0v) is 10.3. The summed E-state index contributed by atoms with van der Waals surface area (Å²) in [5.74, 6) is 0. The van der Waals surface area contributed by atoms with Crippen molar-refractivity contribution in [1.29, 1.82) is 0 Å². The normalized spacial score (nSPS) is 14.9. The molecule has 0 radical (unpaired) electrons. The molecule has 0 aliphatic heterocycles. The Bertz CT molecular complexity index is 286. The largest absolute Gasteiger partial charge is 0.395 e. The molecule has 0 aromatic heterocycles. The molecule has 0 spiro atoms. The van der Waals surface area contributed by atoms with Crippen molar-refractivity contribution in [2.75, 3.05) is 12.9 Å². The van der Waals surface area contributed by atoms with Crippen molar-refractivity contribution in [3.63, 3.8) is 0 Å². The highest BCUT2D eigenvalue weighted by molar-refractivity contribution is 7.98. The molecule has 2 atom stereocenters. The molecule has 0 fully saturated rings. The molecule has 0 saturated carbocycles. The average molecular weight is 225 g/mol. The van der Waals surface area contributed by atoms with Crippen molar-refractivity contribution in [2.24, 2.45) is 0 Å². The van der Waals surface area contributed by atoms with Crippen LogP contribution in [0.5, 0.6) is 0 Å². The first-order valence-electron chi connectivity index (χ1n) is 5.18. The van der Waals surface area contributed by atoms with Gasteiger partial charge < -0.3 is 10.4 Å². The molecular weight excluding hydrogens is 206 g/mol. The van der Waals surface area contributed by atoms with Crippen LogP contribution in [0.15, 0.2) is 29.2 Å². The molecule has 2 nitrogen and oxygen atoms in total. The highest BCUT2D eigenvalue weighted by atomic mass is 32.2. The Kier molecular flexibility index (Phi) is 5.15. The van der Waals surface area contributed by atoms with E-state index in [0.717, 1.165) is 0 Å². The summed E-state index contributed by atoms with van der Waals surface area (Å²) in [6, 6.07) is 8.94. The molecule has 0 bridgehead atoms. The summed E-state index contributed by atoms with van der Waals surface area (Å²) >= 11 is 1.75. The number of benzene rings is 1. The van der Waals surface area contributed by atoms with Crippen LogP contribution in [0.3, 0.4) is 0 Å². The standard InChI is InChI=1S/C12H19NOS/c1-9(8-14)13-10(2)11-4-6-12(15-3)7-5-11/h4-7,9-10,13-14H,8H2,1-3H3/t9-,10+/m1/s1. The Morgan fingerprint density at radius 1 is 1.27 bits per heavy atom. The van der Waals surface area contributed by atoms with Crippen molar-refractivity contribution in [1.82, 2.24) is 5.32 Å². The van der Waals surface area contributed by atoms with Crippen LogP contribution in [0.1, 0.15) is 25.5 Å². The van der Waals surface area contributed by atoms with E-state index in [0.29, 0.717) is 0 Å². The van der Waals surface area contributed by atoms with Crippen LogP contribution >= 0.6 is 11.8 Å². The van der Waals surface area contributed by atoms with Gasteiger partial charge in [-0.1, -0.05) is 12.1 Å². The fourth-order valence-corrected chi connectivity index (χ4v) is 1.88. The van der Waals surface area contributed by atoms with Gasteiger partial charge in [-0.25, -0.2) is 0 Å². The number of hydrogen-bond donors (Lipinski definition) is 2. The average Bonchev–Trinajstić information content (AvgIpc) is 2.29. The maximum atomic E-state index is 8.95. The van der Waals surface area contributed by atoms with E-state index < -0.39 is 0 Å². The van der Waals surface area contributed by atoms with Gasteiger partial charge in [0.05, 0.1) is 6.61 Å². The van der Waals surface area contributed by atoms with Gasteiger partial charge in [0.25, 0.3) is 0 Å². The van der Waals surface area contributed by atoms with Gasteiger partial charge in [0.15, 0.2) is 0 Å². The molecule has 1 aromatic rings. The van der Waals surface area contributed by atoms with Gasteiger partial charge in [-0.3, -0.25) is 0 Å². The second kappa shape index (κ2) is 6.16. The van der Waals surface area contributed by atoms with E-state index in [-0.39, 0.29) is 18.7 Å². The van der Waals surface area contributed by atoms with Crippen molar-refractivity contribution in [2.45, 2.75) is 30.8 Å². The van der Waals surface area contributed by atoms with Gasteiger partial charge in [-0.2, -0.15) is 0 Å². The summed E-state index contributed by atoms with van der Waals surface area (Å²) in [6.45, 7) is 4.26. The maximum Gasteiger partial charge on any atom is 0.0582 e. The number of rotatable bonds is 5. The van der Waals surface area contributed by atoms with Gasteiger partial charge in [0.2, 0.25) is 0 Å². The molecule has 2 N–H and O–H groups in total. The Morgan fingerprint density at radius 3 is 2.33 bits per heavy atom.